The highest BCUT2D eigenvalue weighted by Crippen LogP contribution is 2.30. The summed E-state index contributed by atoms with van der Waals surface area (Å²) in [4.78, 5) is 13.4. The number of rotatable bonds is 3. The summed E-state index contributed by atoms with van der Waals surface area (Å²) in [5.74, 6) is -0.856. The van der Waals surface area contributed by atoms with Gasteiger partial charge in [0.2, 0.25) is 0 Å². The van der Waals surface area contributed by atoms with Gasteiger partial charge in [0.1, 0.15) is 0 Å². The molecule has 98 valence electrons. The van der Waals surface area contributed by atoms with E-state index < -0.39 is 5.97 Å². The van der Waals surface area contributed by atoms with Crippen molar-refractivity contribution in [1.82, 2.24) is 0 Å². The lowest BCUT2D eigenvalue weighted by atomic mass is 9.89. The third-order valence-corrected chi connectivity index (χ3v) is 3.76. The number of carboxylic acids is 1. The van der Waals surface area contributed by atoms with Gasteiger partial charge in [0.15, 0.2) is 0 Å². The van der Waals surface area contributed by atoms with E-state index in [1.165, 1.54) is 0 Å². The van der Waals surface area contributed by atoms with Gasteiger partial charge in [-0.2, -0.15) is 0 Å². The van der Waals surface area contributed by atoms with Crippen molar-refractivity contribution < 1.29 is 9.90 Å². The molecule has 1 saturated heterocycles. The molecule has 0 aromatic heterocycles. The maximum absolute atomic E-state index is 11.1. The van der Waals surface area contributed by atoms with Crippen molar-refractivity contribution in [2.75, 3.05) is 17.2 Å². The van der Waals surface area contributed by atoms with E-state index in [9.17, 15) is 4.79 Å². The minimum Gasteiger partial charge on any atom is -0.481 e. The Morgan fingerprint density at radius 3 is 2.67 bits per heavy atom. The highest BCUT2D eigenvalue weighted by atomic mass is 16.4. The SMILES string of the molecule is CCC1CC(C(=O)O)CCN1c1ccc(N)cc1. The van der Waals surface area contributed by atoms with E-state index in [1.807, 2.05) is 24.3 Å². The molecule has 1 heterocycles. The molecule has 4 heteroatoms. The second-order valence-corrected chi connectivity index (χ2v) is 4.91. The topological polar surface area (TPSA) is 66.6 Å². The third kappa shape index (κ3) is 2.58. The number of nitrogens with two attached hydrogens (primary N) is 1. The van der Waals surface area contributed by atoms with Crippen molar-refractivity contribution in [3.8, 4) is 0 Å². The summed E-state index contributed by atoms with van der Waals surface area (Å²) >= 11 is 0. The summed E-state index contributed by atoms with van der Waals surface area (Å²) in [7, 11) is 0. The van der Waals surface area contributed by atoms with Crippen molar-refractivity contribution in [3.63, 3.8) is 0 Å². The summed E-state index contributed by atoms with van der Waals surface area (Å²) in [6, 6.07) is 8.12. The fourth-order valence-electron chi connectivity index (χ4n) is 2.67. The highest BCUT2D eigenvalue weighted by Gasteiger charge is 2.31. The van der Waals surface area contributed by atoms with Gasteiger partial charge in [-0.05, 0) is 43.5 Å². The highest BCUT2D eigenvalue weighted by molar-refractivity contribution is 5.70. The molecule has 1 fully saturated rings. The Morgan fingerprint density at radius 2 is 2.11 bits per heavy atom. The summed E-state index contributed by atoms with van der Waals surface area (Å²) < 4.78 is 0. The molecular weight excluding hydrogens is 228 g/mol. The second kappa shape index (κ2) is 5.29. The van der Waals surface area contributed by atoms with Crippen molar-refractivity contribution in [2.45, 2.75) is 32.2 Å². The van der Waals surface area contributed by atoms with Crippen LogP contribution in [0.5, 0.6) is 0 Å². The molecule has 0 spiro atoms. The van der Waals surface area contributed by atoms with Gasteiger partial charge in [-0.3, -0.25) is 4.79 Å². The molecule has 2 atom stereocenters. The van der Waals surface area contributed by atoms with E-state index in [0.29, 0.717) is 6.04 Å². The first-order valence-corrected chi connectivity index (χ1v) is 6.46. The van der Waals surface area contributed by atoms with Crippen LogP contribution in [0.3, 0.4) is 0 Å². The van der Waals surface area contributed by atoms with Crippen molar-refractivity contribution in [2.24, 2.45) is 5.92 Å². The largest absolute Gasteiger partial charge is 0.481 e. The van der Waals surface area contributed by atoms with Crippen molar-refractivity contribution in [1.29, 1.82) is 0 Å². The molecule has 2 unspecified atom stereocenters. The Kier molecular flexibility index (Phi) is 3.75. The van der Waals surface area contributed by atoms with Crippen LogP contribution in [0.2, 0.25) is 0 Å². The molecule has 3 N–H and O–H groups in total. The van der Waals surface area contributed by atoms with E-state index in [2.05, 4.69) is 11.8 Å². The Balaban J connectivity index is 2.14. The molecule has 18 heavy (non-hydrogen) atoms. The van der Waals surface area contributed by atoms with Crippen LogP contribution in [0, 0.1) is 5.92 Å². The van der Waals surface area contributed by atoms with E-state index >= 15 is 0 Å². The molecule has 0 amide bonds. The minimum absolute atomic E-state index is 0.194. The number of nitrogen functional groups attached to an aromatic ring is 1. The van der Waals surface area contributed by atoms with E-state index in [4.69, 9.17) is 10.8 Å². The Hall–Kier alpha value is -1.71. The van der Waals surface area contributed by atoms with Crippen LogP contribution in [0.1, 0.15) is 26.2 Å². The molecule has 2 rings (SSSR count). The minimum atomic E-state index is -0.662. The zero-order valence-electron chi connectivity index (χ0n) is 10.7. The van der Waals surface area contributed by atoms with Crippen LogP contribution in [-0.2, 0) is 4.79 Å². The number of nitrogens with zero attached hydrogens (tertiary/aromatic N) is 1. The lowest BCUT2D eigenvalue weighted by Crippen LogP contribution is -2.44. The van der Waals surface area contributed by atoms with E-state index in [1.54, 1.807) is 0 Å². The first-order valence-electron chi connectivity index (χ1n) is 6.46. The normalized spacial score (nSPS) is 23.9. The molecule has 0 aliphatic carbocycles. The van der Waals surface area contributed by atoms with Crippen LogP contribution >= 0.6 is 0 Å². The van der Waals surface area contributed by atoms with Gasteiger partial charge in [-0.25, -0.2) is 0 Å². The smallest absolute Gasteiger partial charge is 0.306 e. The van der Waals surface area contributed by atoms with Gasteiger partial charge < -0.3 is 15.7 Å². The first kappa shape index (κ1) is 12.7. The maximum atomic E-state index is 11.1. The van der Waals surface area contributed by atoms with Crippen molar-refractivity contribution >= 4 is 17.3 Å². The van der Waals surface area contributed by atoms with Crippen LogP contribution in [-0.4, -0.2) is 23.7 Å². The monoisotopic (exact) mass is 248 g/mol. The predicted molar refractivity (Wildman–Crippen MR) is 72.6 cm³/mol. The standard InChI is InChI=1S/C14H20N2O2/c1-2-12-9-10(14(17)18)7-8-16(12)13-5-3-11(15)4-6-13/h3-6,10,12H,2,7-9,15H2,1H3,(H,17,18). The number of carbonyl (C=O) groups is 1. The molecule has 4 nitrogen and oxygen atoms in total. The maximum Gasteiger partial charge on any atom is 0.306 e. The molecule has 0 saturated carbocycles. The second-order valence-electron chi connectivity index (χ2n) is 4.91. The van der Waals surface area contributed by atoms with E-state index in [0.717, 1.165) is 37.2 Å². The Bertz CT molecular complexity index is 416. The fourth-order valence-corrected chi connectivity index (χ4v) is 2.67. The molecule has 0 radical (unpaired) electrons. The number of hydrogen-bond donors (Lipinski definition) is 2. The molecule has 1 aliphatic rings. The van der Waals surface area contributed by atoms with Crippen LogP contribution in [0.4, 0.5) is 11.4 Å². The average Bonchev–Trinajstić information content (AvgIpc) is 2.39. The zero-order chi connectivity index (χ0) is 13.1. The summed E-state index contributed by atoms with van der Waals surface area (Å²) in [6.45, 7) is 2.92. The van der Waals surface area contributed by atoms with Gasteiger partial charge in [0, 0.05) is 24.0 Å². The molecular formula is C14H20N2O2. The lowest BCUT2D eigenvalue weighted by Gasteiger charge is -2.39. The van der Waals surface area contributed by atoms with Gasteiger partial charge >= 0.3 is 5.97 Å². The van der Waals surface area contributed by atoms with Gasteiger partial charge in [-0.1, -0.05) is 6.92 Å². The summed E-state index contributed by atoms with van der Waals surface area (Å²) in [5, 5.41) is 9.11. The predicted octanol–water partition coefficient (Wildman–Crippen LogP) is 2.35. The number of piperidine rings is 1. The number of carboxylic acid groups (broad SMARTS) is 1. The fraction of sp³-hybridized carbons (Fsp3) is 0.500. The molecule has 0 bridgehead atoms. The zero-order valence-corrected chi connectivity index (χ0v) is 10.7. The molecule has 1 aromatic rings. The molecule has 1 aliphatic heterocycles. The van der Waals surface area contributed by atoms with Crippen LogP contribution in [0.25, 0.3) is 0 Å². The number of hydrogen-bond acceptors (Lipinski definition) is 3. The van der Waals surface area contributed by atoms with Gasteiger partial charge in [0.05, 0.1) is 5.92 Å². The summed E-state index contributed by atoms with van der Waals surface area (Å²) in [6.07, 6.45) is 2.42. The van der Waals surface area contributed by atoms with Crippen molar-refractivity contribution in [3.05, 3.63) is 24.3 Å². The number of benzene rings is 1. The van der Waals surface area contributed by atoms with Crippen LogP contribution < -0.4 is 10.6 Å². The third-order valence-electron chi connectivity index (χ3n) is 3.76. The van der Waals surface area contributed by atoms with Crippen LogP contribution in [0.15, 0.2) is 24.3 Å². The first-order chi connectivity index (χ1) is 8.61. The summed E-state index contributed by atoms with van der Waals surface area (Å²) in [5.41, 5.74) is 7.58. The lowest BCUT2D eigenvalue weighted by molar-refractivity contribution is -0.142. The Labute approximate surface area is 107 Å². The molecule has 1 aromatic carbocycles. The quantitative estimate of drug-likeness (QED) is 0.806. The number of aliphatic carboxylic acids is 1. The van der Waals surface area contributed by atoms with Gasteiger partial charge in [0.25, 0.3) is 0 Å². The van der Waals surface area contributed by atoms with E-state index in [-0.39, 0.29) is 5.92 Å². The average molecular weight is 248 g/mol. The Morgan fingerprint density at radius 1 is 1.44 bits per heavy atom. The van der Waals surface area contributed by atoms with Gasteiger partial charge in [-0.15, -0.1) is 0 Å². The number of anilines is 2.